The van der Waals surface area contributed by atoms with Gasteiger partial charge in [-0.25, -0.2) is 4.68 Å². The molecule has 2 fully saturated rings. The van der Waals surface area contributed by atoms with E-state index in [1.807, 2.05) is 29.3 Å². The monoisotopic (exact) mass is 425 g/mol. The van der Waals surface area contributed by atoms with E-state index in [9.17, 15) is 9.59 Å². The molecule has 0 radical (unpaired) electrons. The Balaban J connectivity index is 1.45. The third kappa shape index (κ3) is 3.59. The van der Waals surface area contributed by atoms with Crippen molar-refractivity contribution in [3.63, 3.8) is 0 Å². The van der Waals surface area contributed by atoms with Gasteiger partial charge in [0.2, 0.25) is 5.91 Å². The van der Waals surface area contributed by atoms with E-state index < -0.39 is 0 Å². The lowest BCUT2D eigenvalue weighted by molar-refractivity contribution is -0.134. The average molecular weight is 426 g/mol. The molecular formula is C21H23N5O3S. The fourth-order valence-electron chi connectivity index (χ4n) is 4.32. The summed E-state index contributed by atoms with van der Waals surface area (Å²) in [6.07, 6.45) is 2.33. The predicted octanol–water partition coefficient (Wildman–Crippen LogP) is 2.24. The second kappa shape index (κ2) is 7.81. The molecule has 5 rings (SSSR count). The number of aromatic nitrogens is 3. The predicted molar refractivity (Wildman–Crippen MR) is 113 cm³/mol. The van der Waals surface area contributed by atoms with Crippen LogP contribution in [-0.2, 0) is 11.3 Å². The summed E-state index contributed by atoms with van der Waals surface area (Å²) in [6.45, 7) is 5.25. The number of amides is 1. The van der Waals surface area contributed by atoms with Crippen molar-refractivity contribution in [2.75, 3.05) is 26.2 Å². The topological polar surface area (TPSA) is 84.5 Å². The fraction of sp³-hybridized carbons (Fsp3) is 0.429. The molecule has 0 N–H and O–H groups in total. The maximum atomic E-state index is 12.9. The average Bonchev–Trinajstić information content (AvgIpc) is 3.50. The Kier molecular flexibility index (Phi) is 5.00. The third-order valence-electron chi connectivity index (χ3n) is 5.87. The quantitative estimate of drug-likeness (QED) is 0.637. The van der Waals surface area contributed by atoms with E-state index in [-0.39, 0.29) is 18.0 Å². The van der Waals surface area contributed by atoms with Gasteiger partial charge in [0.1, 0.15) is 12.2 Å². The second-order valence-corrected chi connectivity index (χ2v) is 8.83. The van der Waals surface area contributed by atoms with E-state index in [4.69, 9.17) is 4.52 Å². The molecule has 2 saturated heterocycles. The van der Waals surface area contributed by atoms with E-state index in [0.29, 0.717) is 29.6 Å². The first-order chi connectivity index (χ1) is 14.6. The molecule has 0 spiro atoms. The lowest BCUT2D eigenvalue weighted by atomic mass is 10.1. The summed E-state index contributed by atoms with van der Waals surface area (Å²) in [5.74, 6) is 0.438. The van der Waals surface area contributed by atoms with Crippen LogP contribution in [-0.4, -0.2) is 62.9 Å². The number of thiophene rings is 1. The van der Waals surface area contributed by atoms with Crippen LogP contribution in [0.1, 0.15) is 18.5 Å². The van der Waals surface area contributed by atoms with Crippen LogP contribution in [0.15, 0.2) is 39.0 Å². The molecule has 0 aromatic carbocycles. The second-order valence-electron chi connectivity index (χ2n) is 7.88. The largest absolute Gasteiger partial charge is 0.356 e. The van der Waals surface area contributed by atoms with Gasteiger partial charge in [-0.3, -0.25) is 14.5 Å². The lowest BCUT2D eigenvalue weighted by Gasteiger charge is -2.37. The molecule has 0 bridgehead atoms. The van der Waals surface area contributed by atoms with E-state index in [0.717, 1.165) is 36.6 Å². The van der Waals surface area contributed by atoms with E-state index in [1.54, 1.807) is 6.07 Å². The van der Waals surface area contributed by atoms with E-state index in [1.165, 1.54) is 28.5 Å². The zero-order valence-electron chi connectivity index (χ0n) is 16.8. The van der Waals surface area contributed by atoms with Crippen LogP contribution < -0.4 is 5.56 Å². The molecule has 8 nitrogen and oxygen atoms in total. The van der Waals surface area contributed by atoms with Gasteiger partial charge >= 0.3 is 0 Å². The Bertz CT molecular complexity index is 1120. The van der Waals surface area contributed by atoms with Gasteiger partial charge in [0.25, 0.3) is 5.56 Å². The first-order valence-electron chi connectivity index (χ1n) is 10.2. The van der Waals surface area contributed by atoms with E-state index in [2.05, 4.69) is 15.2 Å². The van der Waals surface area contributed by atoms with Gasteiger partial charge < -0.3 is 9.42 Å². The number of carbonyl (C=O) groups excluding carboxylic acids is 1. The van der Waals surface area contributed by atoms with Crippen molar-refractivity contribution in [2.45, 2.75) is 32.4 Å². The summed E-state index contributed by atoms with van der Waals surface area (Å²) in [6, 6.07) is 7.59. The van der Waals surface area contributed by atoms with Crippen LogP contribution in [0.25, 0.3) is 21.9 Å². The van der Waals surface area contributed by atoms with Crippen LogP contribution in [0, 0.1) is 6.92 Å². The Hall–Kier alpha value is -2.78. The van der Waals surface area contributed by atoms with Gasteiger partial charge in [-0.2, -0.15) is 5.10 Å². The Labute approximate surface area is 177 Å². The highest BCUT2D eigenvalue weighted by Crippen LogP contribution is 2.32. The minimum Gasteiger partial charge on any atom is -0.356 e. The first kappa shape index (κ1) is 19.2. The molecule has 2 aliphatic heterocycles. The lowest BCUT2D eigenvalue weighted by Crippen LogP contribution is -2.53. The molecule has 2 aliphatic rings. The Morgan fingerprint density at radius 1 is 1.30 bits per heavy atom. The van der Waals surface area contributed by atoms with Gasteiger partial charge in [0, 0.05) is 37.8 Å². The normalized spacial score (nSPS) is 19.2. The molecule has 30 heavy (non-hydrogen) atoms. The number of hydrogen-bond acceptors (Lipinski definition) is 7. The summed E-state index contributed by atoms with van der Waals surface area (Å²) in [5.41, 5.74) is 1.61. The van der Waals surface area contributed by atoms with Gasteiger partial charge in [0.15, 0.2) is 5.76 Å². The van der Waals surface area contributed by atoms with Crippen molar-refractivity contribution in [3.05, 3.63) is 45.7 Å². The Morgan fingerprint density at radius 2 is 2.20 bits per heavy atom. The molecule has 1 amide bonds. The molecule has 1 unspecified atom stereocenters. The number of aryl methyl sites for hydroxylation is 1. The van der Waals surface area contributed by atoms with Crippen molar-refractivity contribution in [2.24, 2.45) is 0 Å². The highest BCUT2D eigenvalue weighted by Gasteiger charge is 2.32. The van der Waals surface area contributed by atoms with Crippen LogP contribution in [0.2, 0.25) is 0 Å². The van der Waals surface area contributed by atoms with Crippen LogP contribution in [0.3, 0.4) is 0 Å². The molecule has 3 aromatic heterocycles. The summed E-state index contributed by atoms with van der Waals surface area (Å²) < 4.78 is 6.66. The number of piperazine rings is 1. The SMILES string of the molecule is Cc1cc(-c2cc(=O)n(CC(=O)N3CCN4CCCC4C3)nc2-c2cccs2)on1. The number of nitrogens with zero attached hydrogens (tertiary/aromatic N) is 5. The van der Waals surface area contributed by atoms with Crippen molar-refractivity contribution in [3.8, 4) is 21.9 Å². The van der Waals surface area contributed by atoms with Crippen molar-refractivity contribution in [1.29, 1.82) is 0 Å². The summed E-state index contributed by atoms with van der Waals surface area (Å²) in [7, 11) is 0. The molecule has 9 heteroatoms. The smallest absolute Gasteiger partial charge is 0.268 e. The van der Waals surface area contributed by atoms with Crippen molar-refractivity contribution in [1.82, 2.24) is 24.7 Å². The molecule has 0 saturated carbocycles. The number of hydrogen-bond donors (Lipinski definition) is 0. The number of rotatable bonds is 4. The maximum Gasteiger partial charge on any atom is 0.268 e. The van der Waals surface area contributed by atoms with Gasteiger partial charge in [-0.15, -0.1) is 11.3 Å². The third-order valence-corrected chi connectivity index (χ3v) is 6.75. The standard InChI is InChI=1S/C21H23N5O3S/c1-14-10-17(29-23-14)16-11-19(27)26(22-21(16)18-5-3-9-30-18)13-20(28)25-8-7-24-6-2-4-15(24)12-25/h3,5,9-11,15H,2,4,6-8,12-13H2,1H3. The van der Waals surface area contributed by atoms with Crippen molar-refractivity contribution >= 4 is 17.2 Å². The van der Waals surface area contributed by atoms with Gasteiger partial charge in [0.05, 0.1) is 16.1 Å². The zero-order valence-corrected chi connectivity index (χ0v) is 17.6. The Morgan fingerprint density at radius 3 is 2.97 bits per heavy atom. The molecule has 1 atom stereocenters. The minimum atomic E-state index is -0.327. The van der Waals surface area contributed by atoms with Gasteiger partial charge in [-0.05, 0) is 37.8 Å². The molecular weight excluding hydrogens is 402 g/mol. The molecule has 3 aromatic rings. The maximum absolute atomic E-state index is 12.9. The first-order valence-corrected chi connectivity index (χ1v) is 11.1. The highest BCUT2D eigenvalue weighted by atomic mass is 32.1. The number of carbonyl (C=O) groups is 1. The summed E-state index contributed by atoms with van der Waals surface area (Å²) in [4.78, 5) is 31.0. The minimum absolute atomic E-state index is 0.0559. The molecule has 156 valence electrons. The highest BCUT2D eigenvalue weighted by molar-refractivity contribution is 7.13. The summed E-state index contributed by atoms with van der Waals surface area (Å²) >= 11 is 1.52. The van der Waals surface area contributed by atoms with Crippen molar-refractivity contribution < 1.29 is 9.32 Å². The molecule has 5 heterocycles. The van der Waals surface area contributed by atoms with Crippen LogP contribution in [0.5, 0.6) is 0 Å². The molecule has 0 aliphatic carbocycles. The number of fused-ring (bicyclic) bond motifs is 1. The fourth-order valence-corrected chi connectivity index (χ4v) is 5.05. The zero-order chi connectivity index (χ0) is 20.7. The van der Waals surface area contributed by atoms with Crippen LogP contribution >= 0.6 is 11.3 Å². The van der Waals surface area contributed by atoms with E-state index >= 15 is 0 Å². The van der Waals surface area contributed by atoms with Crippen LogP contribution in [0.4, 0.5) is 0 Å². The summed E-state index contributed by atoms with van der Waals surface area (Å²) in [5, 5.41) is 10.5. The van der Waals surface area contributed by atoms with Gasteiger partial charge in [-0.1, -0.05) is 11.2 Å².